The van der Waals surface area contributed by atoms with Crippen molar-refractivity contribution in [3.8, 4) is 45.7 Å². The molecule has 0 saturated heterocycles. The number of carbonyl (C=O) groups is 1. The zero-order chi connectivity index (χ0) is 25.4. The van der Waals surface area contributed by atoms with Crippen molar-refractivity contribution >= 4 is 5.78 Å². The summed E-state index contributed by atoms with van der Waals surface area (Å²) in [7, 11) is 1.51. The van der Waals surface area contributed by atoms with Gasteiger partial charge in [-0.05, 0) is 78.4 Å². The topological polar surface area (TPSA) is 111 Å². The number of rotatable bonds is 6. The molecule has 3 aromatic carbocycles. The molecule has 36 heavy (non-hydrogen) atoms. The first-order valence-electron chi connectivity index (χ1n) is 10.9. The normalized spacial score (nSPS) is 11.0. The molecule has 2 heterocycles. The first kappa shape index (κ1) is 22.9. The van der Waals surface area contributed by atoms with E-state index in [1.165, 1.54) is 35.9 Å². The van der Waals surface area contributed by atoms with Crippen LogP contribution in [0.15, 0.2) is 77.3 Å². The summed E-state index contributed by atoms with van der Waals surface area (Å²) < 4.78 is 25.2. The third-order valence-corrected chi connectivity index (χ3v) is 5.73. The van der Waals surface area contributed by atoms with Crippen LogP contribution < -0.4 is 4.74 Å². The van der Waals surface area contributed by atoms with E-state index in [4.69, 9.17) is 9.26 Å². The highest BCUT2D eigenvalue weighted by Crippen LogP contribution is 2.44. The van der Waals surface area contributed by atoms with E-state index >= 15 is 0 Å². The number of methoxy groups -OCH3 is 1. The maximum Gasteiger partial charge on any atom is 0.240 e. The Kier molecular flexibility index (Phi) is 5.73. The summed E-state index contributed by atoms with van der Waals surface area (Å²) in [6.07, 6.45) is 0. The van der Waals surface area contributed by atoms with E-state index in [1.807, 2.05) is 0 Å². The number of benzene rings is 3. The van der Waals surface area contributed by atoms with Crippen molar-refractivity contribution in [1.29, 1.82) is 0 Å². The Labute approximate surface area is 204 Å². The van der Waals surface area contributed by atoms with Crippen LogP contribution >= 0.6 is 0 Å². The van der Waals surface area contributed by atoms with Gasteiger partial charge in [-0.3, -0.25) is 9.36 Å². The van der Waals surface area contributed by atoms with Crippen LogP contribution in [-0.4, -0.2) is 37.8 Å². The van der Waals surface area contributed by atoms with Gasteiger partial charge in [-0.2, -0.15) is 4.98 Å². The molecule has 2 N–H and O–H groups in total. The average Bonchev–Trinajstić information content (AvgIpc) is 3.45. The van der Waals surface area contributed by atoms with Gasteiger partial charge in [0.15, 0.2) is 11.5 Å². The molecule has 0 aliphatic rings. The molecular formula is C27H20FN3O5. The maximum absolute atomic E-state index is 13.7. The number of hydrogen-bond acceptors (Lipinski definition) is 7. The molecule has 9 heteroatoms. The van der Waals surface area contributed by atoms with E-state index in [0.29, 0.717) is 34.3 Å². The number of aromatic nitrogens is 3. The highest BCUT2D eigenvalue weighted by molar-refractivity contribution is 6.15. The van der Waals surface area contributed by atoms with E-state index in [0.717, 1.165) is 0 Å². The number of aromatic hydroxyl groups is 2. The molecule has 0 bridgehead atoms. The van der Waals surface area contributed by atoms with Crippen LogP contribution in [0.25, 0.3) is 28.3 Å². The smallest absolute Gasteiger partial charge is 0.240 e. The quantitative estimate of drug-likeness (QED) is 0.314. The van der Waals surface area contributed by atoms with Crippen molar-refractivity contribution in [3.63, 3.8) is 0 Å². The van der Waals surface area contributed by atoms with Gasteiger partial charge in [-0.25, -0.2) is 4.39 Å². The lowest BCUT2D eigenvalue weighted by molar-refractivity contribution is 0.103. The molecule has 5 aromatic rings. The second kappa shape index (κ2) is 9.03. The molecule has 0 radical (unpaired) electrons. The van der Waals surface area contributed by atoms with Gasteiger partial charge in [-0.1, -0.05) is 5.16 Å². The van der Waals surface area contributed by atoms with E-state index in [2.05, 4.69) is 10.1 Å². The molecule has 0 aliphatic heterocycles. The Morgan fingerprint density at radius 1 is 0.944 bits per heavy atom. The van der Waals surface area contributed by atoms with E-state index < -0.39 is 23.2 Å². The Morgan fingerprint density at radius 3 is 2.17 bits per heavy atom. The highest BCUT2D eigenvalue weighted by Gasteiger charge is 2.30. The van der Waals surface area contributed by atoms with E-state index in [1.54, 1.807) is 55.5 Å². The molecule has 0 unspecified atom stereocenters. The molecule has 180 valence electrons. The first-order valence-corrected chi connectivity index (χ1v) is 10.9. The Morgan fingerprint density at radius 2 is 1.58 bits per heavy atom. The van der Waals surface area contributed by atoms with Gasteiger partial charge in [-0.15, -0.1) is 0 Å². The van der Waals surface area contributed by atoms with Crippen LogP contribution in [0.3, 0.4) is 0 Å². The van der Waals surface area contributed by atoms with Gasteiger partial charge < -0.3 is 19.5 Å². The minimum Gasteiger partial charge on any atom is -0.503 e. The summed E-state index contributed by atoms with van der Waals surface area (Å²) in [5.41, 5.74) is 1.89. The van der Waals surface area contributed by atoms with Crippen molar-refractivity contribution in [1.82, 2.24) is 14.7 Å². The largest absolute Gasteiger partial charge is 0.503 e. The number of halogens is 1. The molecular weight excluding hydrogens is 465 g/mol. The summed E-state index contributed by atoms with van der Waals surface area (Å²) in [6.45, 7) is 1.68. The number of ether oxygens (including phenoxy) is 1. The van der Waals surface area contributed by atoms with Crippen molar-refractivity contribution in [2.75, 3.05) is 7.11 Å². The summed E-state index contributed by atoms with van der Waals surface area (Å²) in [6, 6.07) is 18.6. The van der Waals surface area contributed by atoms with Crippen LogP contribution in [0, 0.1) is 12.7 Å². The number of aryl methyl sites for hydroxylation is 1. The summed E-state index contributed by atoms with van der Waals surface area (Å²) in [5.74, 6) is -0.736. The van der Waals surface area contributed by atoms with Crippen molar-refractivity contribution in [3.05, 3.63) is 95.6 Å². The van der Waals surface area contributed by atoms with Crippen LogP contribution in [0.1, 0.15) is 21.8 Å². The Balaban J connectivity index is 1.68. The zero-order valence-corrected chi connectivity index (χ0v) is 19.3. The van der Waals surface area contributed by atoms with Crippen LogP contribution in [0.5, 0.6) is 17.4 Å². The van der Waals surface area contributed by atoms with Crippen LogP contribution in [0.4, 0.5) is 4.39 Å². The fourth-order valence-corrected chi connectivity index (χ4v) is 3.96. The number of hydrogen-bond donors (Lipinski definition) is 2. The molecule has 0 spiro atoms. The van der Waals surface area contributed by atoms with Gasteiger partial charge in [0.1, 0.15) is 11.6 Å². The van der Waals surface area contributed by atoms with E-state index in [9.17, 15) is 19.4 Å². The summed E-state index contributed by atoms with van der Waals surface area (Å²) in [5, 5.41) is 25.8. The molecule has 0 saturated carbocycles. The third kappa shape index (κ3) is 3.96. The number of nitrogens with zero attached hydrogens (tertiary/aromatic N) is 3. The van der Waals surface area contributed by atoms with Gasteiger partial charge in [0, 0.05) is 23.7 Å². The number of carbonyl (C=O) groups excluding carboxylic acids is 1. The van der Waals surface area contributed by atoms with Crippen molar-refractivity contribution in [2.45, 2.75) is 6.92 Å². The predicted octanol–water partition coefficient (Wildman–Crippen LogP) is 5.29. The lowest BCUT2D eigenvalue weighted by Gasteiger charge is -2.12. The maximum atomic E-state index is 13.7. The van der Waals surface area contributed by atoms with E-state index in [-0.39, 0.29) is 16.8 Å². The Bertz CT molecular complexity index is 1550. The third-order valence-electron chi connectivity index (χ3n) is 5.73. The lowest BCUT2D eigenvalue weighted by atomic mass is 9.99. The first-order chi connectivity index (χ1) is 17.4. The molecule has 5 rings (SSSR count). The summed E-state index contributed by atoms with van der Waals surface area (Å²) in [4.78, 5) is 17.7. The van der Waals surface area contributed by atoms with Gasteiger partial charge in [0.05, 0.1) is 18.4 Å². The fourth-order valence-electron chi connectivity index (χ4n) is 3.96. The standard InChI is InChI=1S/C27H20FN3O5/c1-15-29-26(30-36-15)18-5-11-20(12-6-18)31-23(16-3-9-19(28)10-4-16)22(25(33)27(31)34)24(32)17-7-13-21(35-2)14-8-17/h3-14,33-34H,1-2H3. The van der Waals surface area contributed by atoms with Gasteiger partial charge >= 0.3 is 0 Å². The highest BCUT2D eigenvalue weighted by atomic mass is 19.1. The second-order valence-electron chi connectivity index (χ2n) is 7.98. The molecule has 0 fully saturated rings. The molecule has 0 amide bonds. The zero-order valence-electron chi connectivity index (χ0n) is 19.3. The monoisotopic (exact) mass is 485 g/mol. The second-order valence-corrected chi connectivity index (χ2v) is 7.98. The molecule has 0 atom stereocenters. The predicted molar refractivity (Wildman–Crippen MR) is 129 cm³/mol. The van der Waals surface area contributed by atoms with Crippen LogP contribution in [-0.2, 0) is 0 Å². The van der Waals surface area contributed by atoms with Gasteiger partial charge in [0.25, 0.3) is 0 Å². The van der Waals surface area contributed by atoms with Crippen LogP contribution in [0.2, 0.25) is 0 Å². The fraction of sp³-hybridized carbons (Fsp3) is 0.0741. The van der Waals surface area contributed by atoms with Crippen molar-refractivity contribution < 1.29 is 28.7 Å². The van der Waals surface area contributed by atoms with Gasteiger partial charge in [0.2, 0.25) is 17.6 Å². The minimum absolute atomic E-state index is 0.123. The molecule has 0 aliphatic carbocycles. The SMILES string of the molecule is COc1ccc(C(=O)c2c(O)c(O)n(-c3ccc(-c4noc(C)n4)cc3)c2-c2ccc(F)cc2)cc1. The number of ketones is 1. The minimum atomic E-state index is -0.590. The van der Waals surface area contributed by atoms with Crippen molar-refractivity contribution in [2.24, 2.45) is 0 Å². The molecule has 2 aromatic heterocycles. The summed E-state index contributed by atoms with van der Waals surface area (Å²) >= 11 is 0. The molecule has 8 nitrogen and oxygen atoms in total. The average molecular weight is 485 g/mol. The Hall–Kier alpha value is -4.92. The lowest BCUT2D eigenvalue weighted by Crippen LogP contribution is -2.05.